The van der Waals surface area contributed by atoms with Crippen LogP contribution in [-0.4, -0.2) is 31.7 Å². The van der Waals surface area contributed by atoms with Gasteiger partial charge in [0, 0.05) is 12.7 Å². The first-order valence-electron chi connectivity index (χ1n) is 8.70. The zero-order valence-corrected chi connectivity index (χ0v) is 15.0. The van der Waals surface area contributed by atoms with Crippen molar-refractivity contribution in [1.82, 2.24) is 0 Å². The Bertz CT molecular complexity index is 639. The standard InChI is InChI=1S/C20H26O5/c1-4-17-18(24-13-16-8-6-5-7-14(16)2)19(20(21-3)25-17)23-12-15-9-10-22-11-15/h5-11,17-20H,4,12-13H2,1-3H3/t17-,18+,19-,20+/m1/s1. The molecular weight excluding hydrogens is 320 g/mol. The van der Waals surface area contributed by atoms with Crippen molar-refractivity contribution >= 4 is 0 Å². The van der Waals surface area contributed by atoms with Gasteiger partial charge in [0.15, 0.2) is 6.29 Å². The minimum Gasteiger partial charge on any atom is -0.472 e. The number of aryl methyl sites for hydroxylation is 1. The third-order valence-corrected chi connectivity index (χ3v) is 4.62. The Hall–Kier alpha value is -1.66. The molecule has 0 bridgehead atoms. The van der Waals surface area contributed by atoms with Crippen molar-refractivity contribution in [2.75, 3.05) is 7.11 Å². The molecule has 1 aliphatic rings. The summed E-state index contributed by atoms with van der Waals surface area (Å²) in [6.07, 6.45) is 3.21. The molecule has 0 aliphatic carbocycles. The second kappa shape index (κ2) is 8.63. The lowest BCUT2D eigenvalue weighted by atomic mass is 10.1. The smallest absolute Gasteiger partial charge is 0.186 e. The Labute approximate surface area is 148 Å². The third kappa shape index (κ3) is 4.30. The molecule has 5 nitrogen and oxygen atoms in total. The summed E-state index contributed by atoms with van der Waals surface area (Å²) in [4.78, 5) is 0. The number of methoxy groups -OCH3 is 1. The highest BCUT2D eigenvalue weighted by molar-refractivity contribution is 5.24. The van der Waals surface area contributed by atoms with E-state index in [9.17, 15) is 0 Å². The summed E-state index contributed by atoms with van der Waals surface area (Å²) in [6.45, 7) is 5.14. The van der Waals surface area contributed by atoms with Gasteiger partial charge >= 0.3 is 0 Å². The molecule has 2 heterocycles. The summed E-state index contributed by atoms with van der Waals surface area (Å²) in [5.74, 6) is 0. The maximum absolute atomic E-state index is 6.23. The topological polar surface area (TPSA) is 50.1 Å². The highest BCUT2D eigenvalue weighted by Gasteiger charge is 2.45. The molecule has 1 fully saturated rings. The molecule has 0 N–H and O–H groups in total. The van der Waals surface area contributed by atoms with Crippen molar-refractivity contribution in [2.24, 2.45) is 0 Å². The molecule has 0 unspecified atom stereocenters. The summed E-state index contributed by atoms with van der Waals surface area (Å²) in [5, 5.41) is 0. The minimum absolute atomic E-state index is 0.0525. The summed E-state index contributed by atoms with van der Waals surface area (Å²) in [7, 11) is 1.63. The van der Waals surface area contributed by atoms with E-state index in [1.165, 1.54) is 11.1 Å². The van der Waals surface area contributed by atoms with E-state index in [4.69, 9.17) is 23.4 Å². The highest BCUT2D eigenvalue weighted by Crippen LogP contribution is 2.30. The van der Waals surface area contributed by atoms with Crippen molar-refractivity contribution in [3.8, 4) is 0 Å². The quantitative estimate of drug-likeness (QED) is 0.727. The van der Waals surface area contributed by atoms with Crippen LogP contribution in [0.5, 0.6) is 0 Å². The first kappa shape index (κ1) is 18.1. The lowest BCUT2D eigenvalue weighted by molar-refractivity contribution is -0.166. The molecule has 2 aromatic rings. The van der Waals surface area contributed by atoms with Crippen LogP contribution < -0.4 is 0 Å². The molecule has 3 rings (SSSR count). The summed E-state index contributed by atoms with van der Waals surface area (Å²) in [5.41, 5.74) is 3.37. The van der Waals surface area contributed by atoms with Crippen LogP contribution in [0.1, 0.15) is 30.0 Å². The Balaban J connectivity index is 1.68. The van der Waals surface area contributed by atoms with Crippen molar-refractivity contribution in [1.29, 1.82) is 0 Å². The molecule has 0 amide bonds. The Morgan fingerprint density at radius 1 is 1.04 bits per heavy atom. The molecule has 25 heavy (non-hydrogen) atoms. The minimum atomic E-state index is -0.432. The molecule has 1 saturated heterocycles. The molecule has 1 aromatic heterocycles. The molecule has 0 spiro atoms. The van der Waals surface area contributed by atoms with Gasteiger partial charge in [0.05, 0.1) is 31.8 Å². The average molecular weight is 346 g/mol. The Kier molecular flexibility index (Phi) is 6.26. The molecule has 1 aliphatic heterocycles. The maximum Gasteiger partial charge on any atom is 0.186 e. The summed E-state index contributed by atoms with van der Waals surface area (Å²) in [6, 6.07) is 10.1. The Morgan fingerprint density at radius 2 is 1.84 bits per heavy atom. The van der Waals surface area contributed by atoms with Crippen LogP contribution in [0.15, 0.2) is 47.3 Å². The van der Waals surface area contributed by atoms with Crippen molar-refractivity contribution in [3.05, 3.63) is 59.5 Å². The van der Waals surface area contributed by atoms with Crippen LogP contribution in [0.3, 0.4) is 0 Å². The zero-order valence-electron chi connectivity index (χ0n) is 15.0. The number of rotatable bonds is 8. The zero-order chi connectivity index (χ0) is 17.6. The SMILES string of the molecule is CC[C@H]1O[C@H](OC)[C@H](OCc2ccoc2)[C@H]1OCc1ccccc1C. The number of furan rings is 1. The highest BCUT2D eigenvalue weighted by atomic mass is 16.7. The summed E-state index contributed by atoms with van der Waals surface area (Å²) >= 11 is 0. The number of hydrogen-bond acceptors (Lipinski definition) is 5. The summed E-state index contributed by atoms with van der Waals surface area (Å²) < 4.78 is 28.9. The van der Waals surface area contributed by atoms with Gasteiger partial charge in [-0.25, -0.2) is 0 Å². The van der Waals surface area contributed by atoms with E-state index < -0.39 is 6.29 Å². The van der Waals surface area contributed by atoms with Gasteiger partial charge in [-0.3, -0.25) is 0 Å². The van der Waals surface area contributed by atoms with E-state index in [1.807, 2.05) is 18.2 Å². The molecule has 5 heteroatoms. The lowest BCUT2D eigenvalue weighted by Gasteiger charge is -2.24. The van der Waals surface area contributed by atoms with E-state index in [2.05, 4.69) is 26.0 Å². The van der Waals surface area contributed by atoms with Crippen LogP contribution in [0.4, 0.5) is 0 Å². The van der Waals surface area contributed by atoms with Gasteiger partial charge in [0.2, 0.25) is 0 Å². The van der Waals surface area contributed by atoms with E-state index in [0.29, 0.717) is 13.2 Å². The molecule has 4 atom stereocenters. The van der Waals surface area contributed by atoms with Gasteiger partial charge < -0.3 is 23.4 Å². The molecule has 0 radical (unpaired) electrons. The third-order valence-electron chi connectivity index (χ3n) is 4.62. The van der Waals surface area contributed by atoms with Crippen LogP contribution in [0.2, 0.25) is 0 Å². The fraction of sp³-hybridized carbons (Fsp3) is 0.500. The van der Waals surface area contributed by atoms with Crippen molar-refractivity contribution in [2.45, 2.75) is 58.1 Å². The monoisotopic (exact) mass is 346 g/mol. The van der Waals surface area contributed by atoms with E-state index in [1.54, 1.807) is 19.6 Å². The van der Waals surface area contributed by atoms with Crippen molar-refractivity contribution in [3.63, 3.8) is 0 Å². The predicted molar refractivity (Wildman–Crippen MR) is 93.0 cm³/mol. The molecular formula is C20H26O5. The number of hydrogen-bond donors (Lipinski definition) is 0. The van der Waals surface area contributed by atoms with Crippen LogP contribution in [-0.2, 0) is 32.2 Å². The van der Waals surface area contributed by atoms with Gasteiger partial charge in [-0.1, -0.05) is 31.2 Å². The van der Waals surface area contributed by atoms with Gasteiger partial charge in [-0.2, -0.15) is 0 Å². The second-order valence-corrected chi connectivity index (χ2v) is 6.30. The van der Waals surface area contributed by atoms with Gasteiger partial charge in [-0.15, -0.1) is 0 Å². The van der Waals surface area contributed by atoms with E-state index >= 15 is 0 Å². The second-order valence-electron chi connectivity index (χ2n) is 6.30. The number of ether oxygens (including phenoxy) is 4. The van der Waals surface area contributed by atoms with Gasteiger partial charge in [-0.05, 0) is 30.5 Å². The van der Waals surface area contributed by atoms with Crippen molar-refractivity contribution < 1.29 is 23.4 Å². The van der Waals surface area contributed by atoms with Gasteiger partial charge in [0.25, 0.3) is 0 Å². The lowest BCUT2D eigenvalue weighted by Crippen LogP contribution is -2.38. The van der Waals surface area contributed by atoms with E-state index in [-0.39, 0.29) is 18.3 Å². The fourth-order valence-electron chi connectivity index (χ4n) is 3.11. The van der Waals surface area contributed by atoms with Crippen LogP contribution in [0, 0.1) is 6.92 Å². The Morgan fingerprint density at radius 3 is 2.52 bits per heavy atom. The molecule has 1 aromatic carbocycles. The predicted octanol–water partition coefficient (Wildman–Crippen LogP) is 3.84. The normalized spacial score (nSPS) is 26.2. The van der Waals surface area contributed by atoms with E-state index in [0.717, 1.165) is 12.0 Å². The first-order chi connectivity index (χ1) is 12.2. The number of benzene rings is 1. The average Bonchev–Trinajstić information content (AvgIpc) is 3.26. The molecule has 0 saturated carbocycles. The first-order valence-corrected chi connectivity index (χ1v) is 8.70. The maximum atomic E-state index is 6.23. The van der Waals surface area contributed by atoms with Crippen LogP contribution >= 0.6 is 0 Å². The van der Waals surface area contributed by atoms with Crippen LogP contribution in [0.25, 0.3) is 0 Å². The van der Waals surface area contributed by atoms with Gasteiger partial charge in [0.1, 0.15) is 12.2 Å². The fourth-order valence-corrected chi connectivity index (χ4v) is 3.11. The largest absolute Gasteiger partial charge is 0.472 e. The molecule has 136 valence electrons.